The Labute approximate surface area is 182 Å². The van der Waals surface area contributed by atoms with Crippen LogP contribution in [0.4, 0.5) is 5.69 Å². The highest BCUT2D eigenvalue weighted by molar-refractivity contribution is 5.94. The van der Waals surface area contributed by atoms with Crippen molar-refractivity contribution in [1.82, 2.24) is 14.8 Å². The van der Waals surface area contributed by atoms with Gasteiger partial charge in [-0.3, -0.25) is 19.3 Å². The Morgan fingerprint density at radius 1 is 0.935 bits per heavy atom. The van der Waals surface area contributed by atoms with Crippen LogP contribution in [-0.2, 0) is 17.9 Å². The van der Waals surface area contributed by atoms with Gasteiger partial charge in [0.2, 0.25) is 5.91 Å². The first-order valence-corrected chi connectivity index (χ1v) is 11.2. The summed E-state index contributed by atoms with van der Waals surface area (Å²) in [7, 11) is 0. The van der Waals surface area contributed by atoms with Crippen LogP contribution in [0.25, 0.3) is 0 Å². The van der Waals surface area contributed by atoms with E-state index in [2.05, 4.69) is 15.5 Å². The zero-order valence-electron chi connectivity index (χ0n) is 17.8. The minimum absolute atomic E-state index is 0.140. The van der Waals surface area contributed by atoms with Gasteiger partial charge in [-0.15, -0.1) is 0 Å². The topological polar surface area (TPSA) is 83.4 Å². The van der Waals surface area contributed by atoms with Crippen molar-refractivity contribution in [2.45, 2.75) is 57.7 Å². The van der Waals surface area contributed by atoms with E-state index >= 15 is 0 Å². The van der Waals surface area contributed by atoms with Crippen LogP contribution in [0.15, 0.2) is 47.4 Å². The van der Waals surface area contributed by atoms with Crippen molar-refractivity contribution in [3.05, 3.63) is 64.1 Å². The molecular weight excluding hydrogens is 392 g/mol. The van der Waals surface area contributed by atoms with Crippen molar-refractivity contribution in [2.75, 3.05) is 18.4 Å². The first-order valence-electron chi connectivity index (χ1n) is 11.2. The predicted molar refractivity (Wildman–Crippen MR) is 120 cm³/mol. The lowest BCUT2D eigenvalue weighted by atomic mass is 10.2. The van der Waals surface area contributed by atoms with Crippen LogP contribution in [-0.4, -0.2) is 40.4 Å². The van der Waals surface area contributed by atoms with Crippen LogP contribution in [0.2, 0.25) is 0 Å². The molecule has 4 rings (SSSR count). The van der Waals surface area contributed by atoms with E-state index in [1.807, 2.05) is 24.3 Å². The molecule has 1 aromatic carbocycles. The number of hydrogen-bond donors (Lipinski definition) is 2. The Bertz CT molecular complexity index is 971. The molecule has 1 saturated heterocycles. The number of nitrogens with one attached hydrogen (secondary N) is 2. The molecule has 1 aliphatic carbocycles. The minimum atomic E-state index is -0.312. The molecule has 0 bridgehead atoms. The van der Waals surface area contributed by atoms with Gasteiger partial charge in [0.05, 0.1) is 5.56 Å². The number of carbonyl (C=O) groups excluding carboxylic acids is 2. The average Bonchev–Trinajstić information content (AvgIpc) is 3.45. The molecule has 1 aliphatic heterocycles. The highest BCUT2D eigenvalue weighted by Gasteiger charge is 2.18. The third-order valence-electron chi connectivity index (χ3n) is 6.09. The Morgan fingerprint density at radius 3 is 2.35 bits per heavy atom. The van der Waals surface area contributed by atoms with E-state index < -0.39 is 0 Å². The molecule has 0 radical (unpaired) electrons. The van der Waals surface area contributed by atoms with Crippen LogP contribution in [0.5, 0.6) is 0 Å². The number of hydrogen-bond acceptors (Lipinski definition) is 4. The number of rotatable bonds is 7. The first kappa shape index (κ1) is 21.3. The standard InChI is InChI=1S/C24H30N4O3/c29-22(25-21-10-7-18(8-11-21)15-27-13-3-4-14-27)17-28-16-19(9-12-23(28)30)24(31)26-20-5-1-2-6-20/h7-12,16,20H,1-6,13-15,17H2,(H,25,29)(H,26,31). The van der Waals surface area contributed by atoms with Gasteiger partial charge in [0.1, 0.15) is 6.54 Å². The summed E-state index contributed by atoms with van der Waals surface area (Å²) < 4.78 is 1.28. The van der Waals surface area contributed by atoms with Crippen LogP contribution >= 0.6 is 0 Å². The lowest BCUT2D eigenvalue weighted by Crippen LogP contribution is -2.34. The van der Waals surface area contributed by atoms with E-state index in [1.165, 1.54) is 41.3 Å². The molecule has 31 heavy (non-hydrogen) atoms. The Hall–Kier alpha value is -2.93. The van der Waals surface area contributed by atoms with E-state index in [9.17, 15) is 14.4 Å². The van der Waals surface area contributed by atoms with Gasteiger partial charge in [-0.05, 0) is 62.5 Å². The molecule has 1 aromatic heterocycles. The van der Waals surface area contributed by atoms with E-state index in [4.69, 9.17) is 0 Å². The molecule has 164 valence electrons. The van der Waals surface area contributed by atoms with Crippen molar-refractivity contribution in [2.24, 2.45) is 0 Å². The number of aromatic nitrogens is 1. The third kappa shape index (κ3) is 5.82. The molecule has 2 fully saturated rings. The molecule has 0 spiro atoms. The van der Waals surface area contributed by atoms with Gasteiger partial charge < -0.3 is 15.2 Å². The Morgan fingerprint density at radius 2 is 1.65 bits per heavy atom. The number of likely N-dealkylation sites (tertiary alicyclic amines) is 1. The summed E-state index contributed by atoms with van der Waals surface area (Å²) in [6, 6.07) is 10.9. The summed E-state index contributed by atoms with van der Waals surface area (Å²) in [5.41, 5.74) is 1.99. The first-order chi connectivity index (χ1) is 15.1. The molecule has 2 aromatic rings. The van der Waals surface area contributed by atoms with E-state index in [-0.39, 0.29) is 30.0 Å². The van der Waals surface area contributed by atoms with E-state index in [0.29, 0.717) is 11.3 Å². The van der Waals surface area contributed by atoms with Gasteiger partial charge in [0.25, 0.3) is 11.5 Å². The van der Waals surface area contributed by atoms with Crippen LogP contribution in [0, 0.1) is 0 Å². The molecule has 7 nitrogen and oxygen atoms in total. The molecule has 2 N–H and O–H groups in total. The Kier molecular flexibility index (Phi) is 6.82. The number of benzene rings is 1. The monoisotopic (exact) mass is 422 g/mol. The summed E-state index contributed by atoms with van der Waals surface area (Å²) in [5.74, 6) is -0.502. The van der Waals surface area contributed by atoms with Crippen molar-refractivity contribution in [1.29, 1.82) is 0 Å². The fraction of sp³-hybridized carbons (Fsp3) is 0.458. The second-order valence-corrected chi connectivity index (χ2v) is 8.57. The lowest BCUT2D eigenvalue weighted by Gasteiger charge is -2.15. The van der Waals surface area contributed by atoms with E-state index in [0.717, 1.165) is 45.3 Å². The third-order valence-corrected chi connectivity index (χ3v) is 6.09. The SMILES string of the molecule is O=C(Cn1cc(C(=O)NC2CCCC2)ccc1=O)Nc1ccc(CN2CCCC2)cc1. The highest BCUT2D eigenvalue weighted by atomic mass is 16.2. The second-order valence-electron chi connectivity index (χ2n) is 8.57. The molecule has 0 atom stereocenters. The van der Waals surface area contributed by atoms with Crippen molar-refractivity contribution in [3.63, 3.8) is 0 Å². The number of carbonyl (C=O) groups is 2. The average molecular weight is 423 g/mol. The molecule has 1 saturated carbocycles. The zero-order valence-corrected chi connectivity index (χ0v) is 17.8. The summed E-state index contributed by atoms with van der Waals surface area (Å²) in [5, 5.41) is 5.84. The van der Waals surface area contributed by atoms with Gasteiger partial charge in [-0.2, -0.15) is 0 Å². The summed E-state index contributed by atoms with van der Waals surface area (Å²) in [6.45, 7) is 3.08. The predicted octanol–water partition coefficient (Wildman–Crippen LogP) is 2.76. The fourth-order valence-electron chi connectivity index (χ4n) is 4.38. The smallest absolute Gasteiger partial charge is 0.252 e. The van der Waals surface area contributed by atoms with Gasteiger partial charge in [-0.1, -0.05) is 25.0 Å². The second kappa shape index (κ2) is 9.92. The lowest BCUT2D eigenvalue weighted by molar-refractivity contribution is -0.116. The van der Waals surface area contributed by atoms with Crippen LogP contribution < -0.4 is 16.2 Å². The fourth-order valence-corrected chi connectivity index (χ4v) is 4.38. The van der Waals surface area contributed by atoms with Crippen molar-refractivity contribution >= 4 is 17.5 Å². The molecular formula is C24H30N4O3. The minimum Gasteiger partial charge on any atom is -0.349 e. The number of amides is 2. The molecule has 7 heteroatoms. The van der Waals surface area contributed by atoms with Crippen LogP contribution in [0.1, 0.15) is 54.4 Å². The Balaban J connectivity index is 1.34. The van der Waals surface area contributed by atoms with Crippen LogP contribution in [0.3, 0.4) is 0 Å². The van der Waals surface area contributed by atoms with E-state index in [1.54, 1.807) is 0 Å². The largest absolute Gasteiger partial charge is 0.349 e. The quantitative estimate of drug-likeness (QED) is 0.719. The molecule has 0 unspecified atom stereocenters. The van der Waals surface area contributed by atoms with Gasteiger partial charge in [0.15, 0.2) is 0 Å². The number of pyridine rings is 1. The zero-order chi connectivity index (χ0) is 21.6. The maximum atomic E-state index is 12.5. The summed E-state index contributed by atoms with van der Waals surface area (Å²) in [6.07, 6.45) is 8.22. The highest BCUT2D eigenvalue weighted by Crippen LogP contribution is 2.18. The summed E-state index contributed by atoms with van der Waals surface area (Å²) >= 11 is 0. The van der Waals surface area contributed by atoms with Crippen molar-refractivity contribution < 1.29 is 9.59 Å². The maximum Gasteiger partial charge on any atom is 0.252 e. The van der Waals surface area contributed by atoms with Gasteiger partial charge >= 0.3 is 0 Å². The molecule has 2 aliphatic rings. The molecule has 2 amide bonds. The summed E-state index contributed by atoms with van der Waals surface area (Å²) in [4.78, 5) is 39.6. The number of nitrogens with zero attached hydrogens (tertiary/aromatic N) is 2. The van der Waals surface area contributed by atoms with Crippen molar-refractivity contribution in [3.8, 4) is 0 Å². The van der Waals surface area contributed by atoms with Gasteiger partial charge in [0, 0.05) is 30.5 Å². The maximum absolute atomic E-state index is 12.5. The normalized spacial score (nSPS) is 17.0. The number of anilines is 1. The molecule has 2 heterocycles. The van der Waals surface area contributed by atoms with Gasteiger partial charge in [-0.25, -0.2) is 0 Å².